The minimum Gasteiger partial charge on any atom is -0.370 e. The number of hydrogen-bond acceptors (Lipinski definition) is 1. The van der Waals surface area contributed by atoms with E-state index >= 15 is 0 Å². The molecule has 3 heteroatoms. The van der Waals surface area contributed by atoms with E-state index in [0.717, 1.165) is 32.0 Å². The summed E-state index contributed by atoms with van der Waals surface area (Å²) in [7, 11) is 0. The third kappa shape index (κ3) is 3.14. The van der Waals surface area contributed by atoms with Gasteiger partial charge in [0.1, 0.15) is 0 Å². The van der Waals surface area contributed by atoms with Gasteiger partial charge in [0, 0.05) is 19.6 Å². The van der Waals surface area contributed by atoms with Gasteiger partial charge in [-0.25, -0.2) is 0 Å². The molecule has 0 aromatic carbocycles. The van der Waals surface area contributed by atoms with Gasteiger partial charge in [-0.05, 0) is 37.5 Å². The molecule has 1 saturated carbocycles. The molecule has 1 aliphatic heterocycles. The SMILES string of the molecule is CCCN=C(N)N1CCC2(CCCCC2)CC1. The molecule has 1 spiro atoms. The van der Waals surface area contributed by atoms with Crippen molar-refractivity contribution < 1.29 is 0 Å². The highest BCUT2D eigenvalue weighted by atomic mass is 15.3. The van der Waals surface area contributed by atoms with Gasteiger partial charge in [0.2, 0.25) is 0 Å². The van der Waals surface area contributed by atoms with Gasteiger partial charge in [-0.3, -0.25) is 4.99 Å². The van der Waals surface area contributed by atoms with Crippen molar-refractivity contribution >= 4 is 5.96 Å². The molecule has 0 amide bonds. The Kier molecular flexibility index (Phi) is 4.30. The summed E-state index contributed by atoms with van der Waals surface area (Å²) in [5, 5.41) is 0. The second-order valence-corrected chi connectivity index (χ2v) is 5.79. The second-order valence-electron chi connectivity index (χ2n) is 5.79. The highest BCUT2D eigenvalue weighted by Gasteiger charge is 2.35. The Balaban J connectivity index is 1.84. The van der Waals surface area contributed by atoms with Crippen molar-refractivity contribution in [1.82, 2.24) is 4.90 Å². The highest BCUT2D eigenvalue weighted by molar-refractivity contribution is 5.78. The number of rotatable bonds is 2. The van der Waals surface area contributed by atoms with E-state index in [0.29, 0.717) is 5.41 Å². The molecule has 1 saturated heterocycles. The van der Waals surface area contributed by atoms with Gasteiger partial charge in [0.05, 0.1) is 0 Å². The van der Waals surface area contributed by atoms with E-state index in [-0.39, 0.29) is 0 Å². The van der Waals surface area contributed by atoms with Crippen LogP contribution < -0.4 is 5.73 Å². The van der Waals surface area contributed by atoms with Crippen molar-refractivity contribution in [2.24, 2.45) is 16.1 Å². The Labute approximate surface area is 105 Å². The summed E-state index contributed by atoms with van der Waals surface area (Å²) in [6.07, 6.45) is 11.0. The van der Waals surface area contributed by atoms with E-state index in [1.807, 2.05) is 0 Å². The lowest BCUT2D eigenvalue weighted by atomic mass is 9.68. The zero-order valence-corrected chi connectivity index (χ0v) is 11.2. The van der Waals surface area contributed by atoms with E-state index in [9.17, 15) is 0 Å². The molecule has 2 fully saturated rings. The topological polar surface area (TPSA) is 41.6 Å². The van der Waals surface area contributed by atoms with Crippen LogP contribution in [-0.4, -0.2) is 30.5 Å². The number of aliphatic imine (C=N–C) groups is 1. The first-order chi connectivity index (χ1) is 8.26. The summed E-state index contributed by atoms with van der Waals surface area (Å²) >= 11 is 0. The Morgan fingerprint density at radius 1 is 1.12 bits per heavy atom. The summed E-state index contributed by atoms with van der Waals surface area (Å²) in [6, 6.07) is 0. The molecular weight excluding hydrogens is 210 g/mol. The third-order valence-electron chi connectivity index (χ3n) is 4.56. The molecule has 2 N–H and O–H groups in total. The smallest absolute Gasteiger partial charge is 0.191 e. The van der Waals surface area contributed by atoms with Gasteiger partial charge in [-0.1, -0.05) is 26.2 Å². The standard InChI is InChI=1S/C14H27N3/c1-2-10-16-13(15)17-11-8-14(9-12-17)6-4-3-5-7-14/h2-12H2,1H3,(H2,15,16). The maximum absolute atomic E-state index is 6.03. The summed E-state index contributed by atoms with van der Waals surface area (Å²) in [4.78, 5) is 6.71. The first-order valence-electron chi connectivity index (χ1n) is 7.31. The summed E-state index contributed by atoms with van der Waals surface area (Å²) < 4.78 is 0. The molecule has 2 aliphatic rings. The maximum atomic E-state index is 6.03. The molecule has 0 aromatic heterocycles. The van der Waals surface area contributed by atoms with Crippen molar-refractivity contribution in [3.8, 4) is 0 Å². The van der Waals surface area contributed by atoms with E-state index in [1.165, 1.54) is 44.9 Å². The quantitative estimate of drug-likeness (QED) is 0.592. The monoisotopic (exact) mass is 237 g/mol. The van der Waals surface area contributed by atoms with Gasteiger partial charge in [0.25, 0.3) is 0 Å². The molecule has 0 radical (unpaired) electrons. The molecule has 0 bridgehead atoms. The van der Waals surface area contributed by atoms with E-state index in [2.05, 4.69) is 16.8 Å². The molecule has 98 valence electrons. The van der Waals surface area contributed by atoms with E-state index < -0.39 is 0 Å². The van der Waals surface area contributed by atoms with Crippen LogP contribution in [-0.2, 0) is 0 Å². The normalized spacial score (nSPS) is 25.2. The third-order valence-corrected chi connectivity index (χ3v) is 4.56. The van der Waals surface area contributed by atoms with Crippen LogP contribution in [0.4, 0.5) is 0 Å². The van der Waals surface area contributed by atoms with Crippen molar-refractivity contribution in [1.29, 1.82) is 0 Å². The minimum atomic E-state index is 0.666. The summed E-state index contributed by atoms with van der Waals surface area (Å²) in [5.41, 5.74) is 6.69. The van der Waals surface area contributed by atoms with Crippen LogP contribution in [0.1, 0.15) is 58.3 Å². The van der Waals surface area contributed by atoms with Crippen LogP contribution in [0.5, 0.6) is 0 Å². The van der Waals surface area contributed by atoms with Gasteiger partial charge in [-0.2, -0.15) is 0 Å². The first-order valence-corrected chi connectivity index (χ1v) is 7.31. The number of likely N-dealkylation sites (tertiary alicyclic amines) is 1. The fraction of sp³-hybridized carbons (Fsp3) is 0.929. The van der Waals surface area contributed by atoms with Crippen molar-refractivity contribution in [3.05, 3.63) is 0 Å². The second kappa shape index (κ2) is 5.74. The average Bonchev–Trinajstić information content (AvgIpc) is 2.38. The van der Waals surface area contributed by atoms with Crippen LogP contribution in [0.25, 0.3) is 0 Å². The highest BCUT2D eigenvalue weighted by Crippen LogP contribution is 2.44. The number of guanidine groups is 1. The molecule has 1 heterocycles. The maximum Gasteiger partial charge on any atom is 0.191 e. The molecule has 0 aromatic rings. The van der Waals surface area contributed by atoms with Crippen molar-refractivity contribution in [3.63, 3.8) is 0 Å². The summed E-state index contributed by atoms with van der Waals surface area (Å²) in [5.74, 6) is 0.775. The van der Waals surface area contributed by atoms with Crippen molar-refractivity contribution in [2.45, 2.75) is 58.3 Å². The zero-order valence-electron chi connectivity index (χ0n) is 11.2. The van der Waals surface area contributed by atoms with Gasteiger partial charge >= 0.3 is 0 Å². The molecule has 1 aliphatic carbocycles. The van der Waals surface area contributed by atoms with Gasteiger partial charge < -0.3 is 10.6 Å². The van der Waals surface area contributed by atoms with E-state index in [4.69, 9.17) is 5.73 Å². The van der Waals surface area contributed by atoms with Crippen LogP contribution in [0, 0.1) is 5.41 Å². The van der Waals surface area contributed by atoms with Crippen LogP contribution >= 0.6 is 0 Å². The molecule has 3 nitrogen and oxygen atoms in total. The van der Waals surface area contributed by atoms with Crippen LogP contribution in [0.3, 0.4) is 0 Å². The van der Waals surface area contributed by atoms with Crippen molar-refractivity contribution in [2.75, 3.05) is 19.6 Å². The summed E-state index contributed by atoms with van der Waals surface area (Å²) in [6.45, 7) is 5.26. The Morgan fingerprint density at radius 3 is 2.35 bits per heavy atom. The van der Waals surface area contributed by atoms with E-state index in [1.54, 1.807) is 0 Å². The minimum absolute atomic E-state index is 0.666. The Morgan fingerprint density at radius 2 is 1.76 bits per heavy atom. The average molecular weight is 237 g/mol. The lowest BCUT2D eigenvalue weighted by Gasteiger charge is -2.44. The largest absolute Gasteiger partial charge is 0.370 e. The molecule has 17 heavy (non-hydrogen) atoms. The fourth-order valence-electron chi connectivity index (χ4n) is 3.34. The van der Waals surface area contributed by atoms with Crippen LogP contribution in [0.2, 0.25) is 0 Å². The van der Waals surface area contributed by atoms with Gasteiger partial charge in [-0.15, -0.1) is 0 Å². The predicted octanol–water partition coefficient (Wildman–Crippen LogP) is 2.76. The van der Waals surface area contributed by atoms with Crippen LogP contribution in [0.15, 0.2) is 4.99 Å². The fourth-order valence-corrected chi connectivity index (χ4v) is 3.34. The van der Waals surface area contributed by atoms with Gasteiger partial charge in [0.15, 0.2) is 5.96 Å². The molecular formula is C14H27N3. The molecule has 0 atom stereocenters. The zero-order chi connectivity index (χ0) is 12.1. The Hall–Kier alpha value is -0.730. The molecule has 0 unspecified atom stereocenters. The lowest BCUT2D eigenvalue weighted by molar-refractivity contribution is 0.0972. The molecule has 2 rings (SSSR count). The lowest BCUT2D eigenvalue weighted by Crippen LogP contribution is -2.46. The first kappa shape index (κ1) is 12.7. The number of nitrogens with zero attached hydrogens (tertiary/aromatic N) is 2. The Bertz CT molecular complexity index is 257. The number of hydrogen-bond donors (Lipinski definition) is 1. The number of piperidine rings is 1. The number of nitrogens with two attached hydrogens (primary N) is 1. The predicted molar refractivity (Wildman–Crippen MR) is 73.1 cm³/mol.